The predicted octanol–water partition coefficient (Wildman–Crippen LogP) is 16.9. The fraction of sp³-hybridized carbons (Fsp3) is 0.929. The van der Waals surface area contributed by atoms with Gasteiger partial charge in [0.25, 0.3) is 0 Å². The van der Waals surface area contributed by atoms with Gasteiger partial charge in [-0.1, -0.05) is 276 Å². The molecule has 1 amide bonds. The molecule has 6 nitrogen and oxygen atoms in total. The van der Waals surface area contributed by atoms with Crippen molar-refractivity contribution in [1.29, 1.82) is 0 Å². The summed E-state index contributed by atoms with van der Waals surface area (Å²) in [6.45, 7) is 4.90. The van der Waals surface area contributed by atoms with E-state index in [-0.39, 0.29) is 18.5 Å². The van der Waals surface area contributed by atoms with Crippen LogP contribution in [0, 0.1) is 0 Å². The number of esters is 1. The molecule has 6 heteroatoms. The van der Waals surface area contributed by atoms with Gasteiger partial charge in [-0.3, -0.25) is 9.59 Å². The average molecular weight is 876 g/mol. The highest BCUT2D eigenvalue weighted by Gasteiger charge is 2.18. The SMILES string of the molecule is CCCCCCCCCCCC/C=C/C(O)C(CO)NC(=O)CCCCCCCCCCCCCCCCCCCCCCOC(=O)CCCCCCCCCCCCCCC. The van der Waals surface area contributed by atoms with Crippen molar-refractivity contribution in [2.45, 2.75) is 321 Å². The van der Waals surface area contributed by atoms with E-state index >= 15 is 0 Å². The maximum absolute atomic E-state index is 12.4. The molecule has 0 bridgehead atoms. The maximum atomic E-state index is 12.4. The highest BCUT2D eigenvalue weighted by atomic mass is 16.5. The van der Waals surface area contributed by atoms with Crippen LogP contribution in [-0.2, 0) is 14.3 Å². The number of aliphatic hydroxyl groups excluding tert-OH is 2. The van der Waals surface area contributed by atoms with E-state index in [1.807, 2.05) is 6.08 Å². The Morgan fingerprint density at radius 1 is 0.435 bits per heavy atom. The second-order valence-corrected chi connectivity index (χ2v) is 19.3. The van der Waals surface area contributed by atoms with Crippen molar-refractivity contribution in [3.05, 3.63) is 12.2 Å². The van der Waals surface area contributed by atoms with Gasteiger partial charge < -0.3 is 20.3 Å². The average Bonchev–Trinajstić information content (AvgIpc) is 3.27. The van der Waals surface area contributed by atoms with Crippen LogP contribution in [0.4, 0.5) is 0 Å². The van der Waals surface area contributed by atoms with Crippen molar-refractivity contribution in [3.8, 4) is 0 Å². The van der Waals surface area contributed by atoms with Gasteiger partial charge in [-0.05, 0) is 32.1 Å². The Morgan fingerprint density at radius 3 is 1.10 bits per heavy atom. The molecule has 0 heterocycles. The predicted molar refractivity (Wildman–Crippen MR) is 269 cm³/mol. The van der Waals surface area contributed by atoms with Crippen molar-refractivity contribution in [1.82, 2.24) is 5.32 Å². The minimum atomic E-state index is -0.843. The number of rotatable bonds is 52. The van der Waals surface area contributed by atoms with Crippen LogP contribution in [0.3, 0.4) is 0 Å². The van der Waals surface area contributed by atoms with E-state index in [1.165, 1.54) is 244 Å². The smallest absolute Gasteiger partial charge is 0.305 e. The zero-order valence-electron chi connectivity index (χ0n) is 41.9. The molecule has 0 aromatic carbocycles. The summed E-state index contributed by atoms with van der Waals surface area (Å²) in [5.41, 5.74) is 0. The molecule has 0 aromatic rings. The molecule has 0 radical (unpaired) electrons. The van der Waals surface area contributed by atoms with Gasteiger partial charge in [0.15, 0.2) is 0 Å². The lowest BCUT2D eigenvalue weighted by Gasteiger charge is -2.20. The zero-order chi connectivity index (χ0) is 45.1. The van der Waals surface area contributed by atoms with Crippen LogP contribution < -0.4 is 5.32 Å². The summed E-state index contributed by atoms with van der Waals surface area (Å²) in [7, 11) is 0. The van der Waals surface area contributed by atoms with Crippen LogP contribution in [0.5, 0.6) is 0 Å². The van der Waals surface area contributed by atoms with E-state index in [2.05, 4.69) is 19.2 Å². The number of carbonyl (C=O) groups excluding carboxylic acids is 2. The Morgan fingerprint density at radius 2 is 0.742 bits per heavy atom. The molecule has 0 fully saturated rings. The fourth-order valence-corrected chi connectivity index (χ4v) is 8.75. The number of carbonyl (C=O) groups is 2. The van der Waals surface area contributed by atoms with Gasteiger partial charge >= 0.3 is 5.97 Å². The Labute approximate surface area is 387 Å². The lowest BCUT2D eigenvalue weighted by Crippen LogP contribution is -2.45. The van der Waals surface area contributed by atoms with E-state index in [4.69, 9.17) is 4.74 Å². The minimum Gasteiger partial charge on any atom is -0.466 e. The molecule has 0 aliphatic heterocycles. The Hall–Kier alpha value is -1.40. The third-order valence-electron chi connectivity index (χ3n) is 13.1. The monoisotopic (exact) mass is 876 g/mol. The number of hydrogen-bond acceptors (Lipinski definition) is 5. The molecule has 0 aliphatic rings. The van der Waals surface area contributed by atoms with Crippen LogP contribution in [0.25, 0.3) is 0 Å². The lowest BCUT2D eigenvalue weighted by atomic mass is 10.0. The Bertz CT molecular complexity index is 924. The van der Waals surface area contributed by atoms with Gasteiger partial charge in [-0.15, -0.1) is 0 Å². The van der Waals surface area contributed by atoms with Gasteiger partial charge in [0.2, 0.25) is 5.91 Å². The van der Waals surface area contributed by atoms with Crippen LogP contribution in [0.1, 0.15) is 309 Å². The van der Waals surface area contributed by atoms with Crippen molar-refractivity contribution < 1.29 is 24.5 Å². The molecule has 62 heavy (non-hydrogen) atoms. The number of ether oxygens (including phenoxy) is 1. The third-order valence-corrected chi connectivity index (χ3v) is 13.1. The van der Waals surface area contributed by atoms with Crippen LogP contribution in [-0.4, -0.2) is 47.4 Å². The maximum Gasteiger partial charge on any atom is 0.305 e. The van der Waals surface area contributed by atoms with Crippen LogP contribution >= 0.6 is 0 Å². The van der Waals surface area contributed by atoms with E-state index < -0.39 is 12.1 Å². The first-order chi connectivity index (χ1) is 30.5. The highest BCUT2D eigenvalue weighted by molar-refractivity contribution is 5.76. The van der Waals surface area contributed by atoms with Gasteiger partial charge in [0.1, 0.15) is 0 Å². The van der Waals surface area contributed by atoms with E-state index in [0.717, 1.165) is 38.5 Å². The van der Waals surface area contributed by atoms with Gasteiger partial charge in [0, 0.05) is 12.8 Å². The molecular formula is C56H109NO5. The standard InChI is InChI=1S/C56H109NO5/c1-3-5-7-9-11-13-15-25-30-34-38-42-46-50-56(61)62-51-47-43-39-35-31-27-24-22-20-18-17-19-21-23-26-29-33-37-41-45-49-55(60)57-53(52-58)54(59)48-44-40-36-32-28-16-14-12-10-8-6-4-2/h44,48,53-54,58-59H,3-43,45-47,49-52H2,1-2H3,(H,57,60)/b48-44+. The normalized spacial score (nSPS) is 12.6. The lowest BCUT2D eigenvalue weighted by molar-refractivity contribution is -0.143. The summed E-state index contributed by atoms with van der Waals surface area (Å²) in [5.74, 6) is -0.0579. The summed E-state index contributed by atoms with van der Waals surface area (Å²) in [6, 6.07) is -0.627. The number of aliphatic hydroxyl groups is 2. The van der Waals surface area contributed by atoms with Gasteiger partial charge in [0.05, 0.1) is 25.4 Å². The highest BCUT2D eigenvalue weighted by Crippen LogP contribution is 2.17. The van der Waals surface area contributed by atoms with Crippen LogP contribution in [0.2, 0.25) is 0 Å². The molecule has 0 aromatic heterocycles. The number of hydrogen-bond donors (Lipinski definition) is 3. The number of unbranched alkanes of at least 4 members (excludes halogenated alkanes) is 41. The Kier molecular flexibility index (Phi) is 51.0. The third kappa shape index (κ3) is 48.1. The summed E-state index contributed by atoms with van der Waals surface area (Å²) in [5, 5.41) is 23.0. The molecule has 2 atom stereocenters. The first kappa shape index (κ1) is 60.6. The molecule has 368 valence electrons. The minimum absolute atomic E-state index is 0.0116. The summed E-state index contributed by atoms with van der Waals surface area (Å²) >= 11 is 0. The van der Waals surface area contributed by atoms with Crippen molar-refractivity contribution in [2.75, 3.05) is 13.2 Å². The van der Waals surface area contributed by atoms with Gasteiger partial charge in [-0.2, -0.15) is 0 Å². The zero-order valence-corrected chi connectivity index (χ0v) is 41.9. The van der Waals surface area contributed by atoms with Crippen LogP contribution in [0.15, 0.2) is 12.2 Å². The summed E-state index contributed by atoms with van der Waals surface area (Å²) in [6.07, 6.45) is 60.9. The van der Waals surface area contributed by atoms with E-state index in [1.54, 1.807) is 6.08 Å². The number of amides is 1. The molecule has 0 rings (SSSR count). The quantitative estimate of drug-likeness (QED) is 0.0321. The van der Waals surface area contributed by atoms with Crippen molar-refractivity contribution in [3.63, 3.8) is 0 Å². The molecule has 0 saturated carbocycles. The van der Waals surface area contributed by atoms with E-state index in [9.17, 15) is 19.8 Å². The second-order valence-electron chi connectivity index (χ2n) is 19.3. The number of nitrogens with one attached hydrogen (secondary N) is 1. The van der Waals surface area contributed by atoms with Crippen molar-refractivity contribution >= 4 is 11.9 Å². The molecule has 2 unspecified atom stereocenters. The van der Waals surface area contributed by atoms with Gasteiger partial charge in [-0.25, -0.2) is 0 Å². The van der Waals surface area contributed by atoms with Crippen molar-refractivity contribution in [2.24, 2.45) is 0 Å². The molecule has 3 N–H and O–H groups in total. The Balaban J connectivity index is 3.39. The molecular weight excluding hydrogens is 767 g/mol. The molecule has 0 saturated heterocycles. The molecule has 0 aliphatic carbocycles. The fourth-order valence-electron chi connectivity index (χ4n) is 8.75. The summed E-state index contributed by atoms with van der Waals surface area (Å²) in [4.78, 5) is 24.4. The number of allylic oxidation sites excluding steroid dienone is 1. The largest absolute Gasteiger partial charge is 0.466 e. The molecule has 0 spiro atoms. The summed E-state index contributed by atoms with van der Waals surface area (Å²) < 4.78 is 5.47. The topological polar surface area (TPSA) is 95.9 Å². The second kappa shape index (κ2) is 52.2. The first-order valence-corrected chi connectivity index (χ1v) is 28.0. The van der Waals surface area contributed by atoms with E-state index in [0.29, 0.717) is 19.4 Å². The first-order valence-electron chi connectivity index (χ1n) is 28.0.